The first-order valence-corrected chi connectivity index (χ1v) is 16.2. The van der Waals surface area contributed by atoms with Crippen LogP contribution in [0.3, 0.4) is 0 Å². The van der Waals surface area contributed by atoms with E-state index in [0.717, 1.165) is 5.56 Å². The number of aromatic amines is 1. The molecule has 1 aliphatic heterocycles. The summed E-state index contributed by atoms with van der Waals surface area (Å²) in [6, 6.07) is 26.7. The smallest absolute Gasteiger partial charge is 0.345 e. The van der Waals surface area contributed by atoms with Crippen LogP contribution in [0.2, 0.25) is 0 Å². The zero-order chi connectivity index (χ0) is 36.1. The van der Waals surface area contributed by atoms with Crippen molar-refractivity contribution in [3.05, 3.63) is 141 Å². The van der Waals surface area contributed by atoms with E-state index in [1.807, 2.05) is 0 Å². The number of amides is 2. The van der Waals surface area contributed by atoms with Crippen LogP contribution in [-0.2, 0) is 21.7 Å². The van der Waals surface area contributed by atoms with Gasteiger partial charge in [-0.3, -0.25) is 14.4 Å². The van der Waals surface area contributed by atoms with Crippen molar-refractivity contribution in [2.24, 2.45) is 0 Å². The standard InChI is InChI=1S/C38H36N4O9/c43-31-15-13-29(30-14-16-33(45)41-35(30)31)32(44)19-39-18-23-9-11-24(12-10-23)36(47)40-27-20-42(21-27)34(46)22-51-28-8-4-7-26(17-28)38(50,37(48)49)25-5-2-1-3-6-25/h1-17,27,32,39,43-44,50H,18-22H2,(H,40,47)(H,41,45)(H,48,49)/t32-,38-/m0/s1. The molecular formula is C38H36N4O9. The fourth-order valence-corrected chi connectivity index (χ4v) is 5.97. The number of likely N-dealkylation sites (tertiary alicyclic amines) is 1. The van der Waals surface area contributed by atoms with Crippen LogP contribution in [0.15, 0.2) is 108 Å². The predicted octanol–water partition coefficient (Wildman–Crippen LogP) is 2.40. The first-order chi connectivity index (χ1) is 24.5. The fourth-order valence-electron chi connectivity index (χ4n) is 5.97. The number of carbonyl (C=O) groups excluding carboxylic acids is 2. The maximum absolute atomic E-state index is 12.8. The monoisotopic (exact) mass is 692 g/mol. The molecule has 7 N–H and O–H groups in total. The van der Waals surface area contributed by atoms with E-state index < -0.39 is 17.7 Å². The molecule has 1 aromatic heterocycles. The first-order valence-electron chi connectivity index (χ1n) is 16.2. The van der Waals surface area contributed by atoms with Crippen LogP contribution in [0.25, 0.3) is 10.9 Å². The van der Waals surface area contributed by atoms with E-state index in [1.165, 1.54) is 41.3 Å². The Morgan fingerprint density at radius 1 is 0.922 bits per heavy atom. The van der Waals surface area contributed by atoms with Gasteiger partial charge in [0.15, 0.2) is 6.61 Å². The average Bonchev–Trinajstić information content (AvgIpc) is 3.12. The third-order valence-electron chi connectivity index (χ3n) is 8.83. The van der Waals surface area contributed by atoms with Crippen LogP contribution in [0, 0.1) is 0 Å². The molecular weight excluding hydrogens is 656 g/mol. The molecule has 262 valence electrons. The van der Waals surface area contributed by atoms with Gasteiger partial charge in [0.2, 0.25) is 11.2 Å². The van der Waals surface area contributed by atoms with E-state index in [0.29, 0.717) is 36.1 Å². The molecule has 0 aliphatic carbocycles. The molecule has 2 amide bonds. The number of aromatic hydroxyl groups is 1. The number of carboxylic acid groups (broad SMARTS) is 1. The van der Waals surface area contributed by atoms with Gasteiger partial charge < -0.3 is 45.7 Å². The van der Waals surface area contributed by atoms with Crippen LogP contribution >= 0.6 is 0 Å². The summed E-state index contributed by atoms with van der Waals surface area (Å²) in [6.45, 7) is 0.929. The highest BCUT2D eigenvalue weighted by Crippen LogP contribution is 2.32. The minimum Gasteiger partial charge on any atom is -0.506 e. The van der Waals surface area contributed by atoms with Crippen molar-refractivity contribution in [1.82, 2.24) is 20.5 Å². The Balaban J connectivity index is 0.943. The summed E-state index contributed by atoms with van der Waals surface area (Å²) >= 11 is 0. The summed E-state index contributed by atoms with van der Waals surface area (Å²) in [5.41, 5.74) is -0.228. The van der Waals surface area contributed by atoms with Gasteiger partial charge in [-0.15, -0.1) is 0 Å². The third-order valence-corrected chi connectivity index (χ3v) is 8.83. The molecule has 51 heavy (non-hydrogen) atoms. The zero-order valence-corrected chi connectivity index (χ0v) is 27.3. The van der Waals surface area contributed by atoms with E-state index in [1.54, 1.807) is 66.7 Å². The van der Waals surface area contributed by atoms with Crippen LogP contribution < -0.4 is 20.9 Å². The van der Waals surface area contributed by atoms with Gasteiger partial charge in [-0.25, -0.2) is 4.79 Å². The number of rotatable bonds is 13. The van der Waals surface area contributed by atoms with E-state index in [4.69, 9.17) is 4.74 Å². The number of hydrogen-bond donors (Lipinski definition) is 7. The quantitative estimate of drug-likeness (QED) is 0.0961. The minimum absolute atomic E-state index is 0.0803. The maximum atomic E-state index is 12.8. The average molecular weight is 693 g/mol. The van der Waals surface area contributed by atoms with Crippen molar-refractivity contribution in [2.45, 2.75) is 24.3 Å². The lowest BCUT2D eigenvalue weighted by atomic mass is 9.86. The minimum atomic E-state index is -2.30. The van der Waals surface area contributed by atoms with Gasteiger partial charge in [0, 0.05) is 48.8 Å². The van der Waals surface area contributed by atoms with Crippen LogP contribution in [0.4, 0.5) is 0 Å². The summed E-state index contributed by atoms with van der Waals surface area (Å²) in [4.78, 5) is 53.4. The molecule has 0 unspecified atom stereocenters. The number of H-pyrrole nitrogens is 1. The lowest BCUT2D eigenvalue weighted by Crippen LogP contribution is -2.61. The van der Waals surface area contributed by atoms with Crippen LogP contribution in [0.1, 0.15) is 38.7 Å². The van der Waals surface area contributed by atoms with E-state index in [2.05, 4.69) is 15.6 Å². The molecule has 1 fully saturated rings. The molecule has 13 heteroatoms. The Morgan fingerprint density at radius 2 is 1.65 bits per heavy atom. The lowest BCUT2D eigenvalue weighted by Gasteiger charge is -2.39. The van der Waals surface area contributed by atoms with Gasteiger partial charge in [0.05, 0.1) is 17.7 Å². The lowest BCUT2D eigenvalue weighted by molar-refractivity contribution is -0.155. The zero-order valence-electron chi connectivity index (χ0n) is 27.3. The molecule has 5 aromatic rings. The highest BCUT2D eigenvalue weighted by Gasteiger charge is 2.40. The molecule has 1 saturated heterocycles. The number of phenolic OH excluding ortho intramolecular Hbond substituents is 1. The molecule has 0 saturated carbocycles. The number of carboxylic acids is 1. The first kappa shape index (κ1) is 34.8. The van der Waals surface area contributed by atoms with Gasteiger partial charge in [0.25, 0.3) is 11.8 Å². The number of pyridine rings is 1. The topological polar surface area (TPSA) is 202 Å². The van der Waals surface area contributed by atoms with Gasteiger partial charge in [-0.2, -0.15) is 0 Å². The predicted molar refractivity (Wildman–Crippen MR) is 186 cm³/mol. The van der Waals surface area contributed by atoms with E-state index in [9.17, 15) is 39.6 Å². The number of aliphatic hydroxyl groups is 2. The van der Waals surface area contributed by atoms with Crippen LogP contribution in [-0.4, -0.2) is 80.4 Å². The summed E-state index contributed by atoms with van der Waals surface area (Å²) < 4.78 is 5.64. The second-order valence-corrected chi connectivity index (χ2v) is 12.3. The Labute approximate surface area is 291 Å². The number of ether oxygens (including phenoxy) is 1. The normalized spacial score (nSPS) is 14.7. The number of phenols is 1. The Morgan fingerprint density at radius 3 is 2.37 bits per heavy atom. The number of fused-ring (bicyclic) bond motifs is 1. The fraction of sp³-hybridized carbons (Fsp3) is 0.211. The molecule has 4 aromatic carbocycles. The molecule has 13 nitrogen and oxygen atoms in total. The van der Waals surface area contributed by atoms with Gasteiger partial charge in [-0.05, 0) is 53.1 Å². The second kappa shape index (κ2) is 14.8. The molecule has 1 aliphatic rings. The highest BCUT2D eigenvalue weighted by atomic mass is 16.5. The molecule has 2 atom stereocenters. The number of hydrogen-bond acceptors (Lipinski definition) is 9. The number of carbonyl (C=O) groups is 3. The number of aromatic nitrogens is 1. The molecule has 2 heterocycles. The van der Waals surface area contributed by atoms with Crippen molar-refractivity contribution >= 4 is 28.7 Å². The van der Waals surface area contributed by atoms with Crippen molar-refractivity contribution in [1.29, 1.82) is 0 Å². The number of aliphatic hydroxyl groups excluding tert-OH is 1. The highest BCUT2D eigenvalue weighted by molar-refractivity contribution is 5.94. The number of nitrogens with zero attached hydrogens (tertiary/aromatic N) is 1. The second-order valence-electron chi connectivity index (χ2n) is 12.3. The summed E-state index contributed by atoms with van der Waals surface area (Å²) in [6.07, 6.45) is -0.902. The Hall–Kier alpha value is -6.02. The summed E-state index contributed by atoms with van der Waals surface area (Å²) in [5.74, 6) is -1.89. The SMILES string of the molecule is O=C(NC1CN(C(=O)COc2cccc([C@](O)(C(=O)O)c3ccccc3)c2)C1)c1ccc(CNC[C@H](O)c2ccc(O)c3[nH]c(=O)ccc23)cc1. The number of benzene rings is 4. The van der Waals surface area contributed by atoms with Crippen molar-refractivity contribution in [3.63, 3.8) is 0 Å². The van der Waals surface area contributed by atoms with E-state index in [-0.39, 0.29) is 64.7 Å². The van der Waals surface area contributed by atoms with Crippen LogP contribution in [0.5, 0.6) is 11.5 Å². The van der Waals surface area contributed by atoms with Crippen molar-refractivity contribution in [2.75, 3.05) is 26.2 Å². The van der Waals surface area contributed by atoms with Crippen molar-refractivity contribution in [3.8, 4) is 11.5 Å². The van der Waals surface area contributed by atoms with E-state index >= 15 is 0 Å². The number of nitrogens with one attached hydrogen (secondary N) is 3. The van der Waals surface area contributed by atoms with Gasteiger partial charge in [-0.1, -0.05) is 60.7 Å². The molecule has 0 radical (unpaired) electrons. The summed E-state index contributed by atoms with van der Waals surface area (Å²) in [7, 11) is 0. The molecule has 0 spiro atoms. The molecule has 6 rings (SSSR count). The molecule has 0 bridgehead atoms. The number of aliphatic carboxylic acids is 1. The Bertz CT molecular complexity index is 2110. The van der Waals surface area contributed by atoms with Gasteiger partial charge >= 0.3 is 5.97 Å². The third kappa shape index (κ3) is 7.60. The maximum Gasteiger partial charge on any atom is 0.345 e. The van der Waals surface area contributed by atoms with Gasteiger partial charge in [0.1, 0.15) is 11.5 Å². The summed E-state index contributed by atoms with van der Waals surface area (Å²) in [5, 5.41) is 48.4. The largest absolute Gasteiger partial charge is 0.506 e. The Kier molecular flexibility index (Phi) is 10.1. The van der Waals surface area contributed by atoms with Crippen molar-refractivity contribution < 1.29 is 39.5 Å².